The van der Waals surface area contributed by atoms with Crippen LogP contribution in [0.1, 0.15) is 33.1 Å². The van der Waals surface area contributed by atoms with Crippen LogP contribution in [0.4, 0.5) is 0 Å². The van der Waals surface area contributed by atoms with Crippen molar-refractivity contribution in [3.8, 4) is 6.07 Å². The lowest BCUT2D eigenvalue weighted by Crippen LogP contribution is -2.38. The molecule has 1 aliphatic rings. The number of nitrogens with one attached hydrogen (secondary N) is 1. The highest BCUT2D eigenvalue weighted by atomic mass is 15.1. The molecule has 15 heavy (non-hydrogen) atoms. The van der Waals surface area contributed by atoms with E-state index in [0.717, 1.165) is 32.6 Å². The Morgan fingerprint density at radius 2 is 2.07 bits per heavy atom. The Hall–Kier alpha value is -0.590. The number of nitriles is 1. The van der Waals surface area contributed by atoms with Gasteiger partial charge in [-0.2, -0.15) is 5.26 Å². The molecule has 0 bridgehead atoms. The number of hydrogen-bond donors (Lipinski definition) is 1. The molecule has 0 amide bonds. The molecular weight excluding hydrogens is 186 g/mol. The van der Waals surface area contributed by atoms with E-state index in [0.29, 0.717) is 6.04 Å². The van der Waals surface area contributed by atoms with E-state index in [1.54, 1.807) is 0 Å². The summed E-state index contributed by atoms with van der Waals surface area (Å²) in [4.78, 5) is 2.41. The standard InChI is InChI=1S/C12H23N3/c1-3-15(4-2)9-8-14-12-7-5-6-11(12)10-13/h11-12,14H,3-9H2,1-2H3. The minimum atomic E-state index is 0.252. The molecule has 0 saturated heterocycles. The Bertz CT molecular complexity index is 205. The van der Waals surface area contributed by atoms with Crippen LogP contribution in [0.5, 0.6) is 0 Å². The van der Waals surface area contributed by atoms with Crippen LogP contribution >= 0.6 is 0 Å². The summed E-state index contributed by atoms with van der Waals surface area (Å²) in [7, 11) is 0. The van der Waals surface area contributed by atoms with Crippen LogP contribution in [-0.4, -0.2) is 37.1 Å². The first-order chi connectivity index (χ1) is 7.31. The van der Waals surface area contributed by atoms with Gasteiger partial charge in [-0.05, 0) is 25.9 Å². The number of rotatable bonds is 6. The van der Waals surface area contributed by atoms with Crippen molar-refractivity contribution in [2.24, 2.45) is 5.92 Å². The van der Waals surface area contributed by atoms with Crippen molar-refractivity contribution >= 4 is 0 Å². The Kier molecular flexibility index (Phi) is 5.67. The Morgan fingerprint density at radius 1 is 1.33 bits per heavy atom. The van der Waals surface area contributed by atoms with Gasteiger partial charge >= 0.3 is 0 Å². The van der Waals surface area contributed by atoms with Gasteiger partial charge in [-0.25, -0.2) is 0 Å². The fraction of sp³-hybridized carbons (Fsp3) is 0.917. The molecule has 0 spiro atoms. The van der Waals surface area contributed by atoms with E-state index in [9.17, 15) is 0 Å². The minimum Gasteiger partial charge on any atom is -0.311 e. The molecule has 2 atom stereocenters. The van der Waals surface area contributed by atoms with Crippen molar-refractivity contribution in [1.29, 1.82) is 5.26 Å². The third-order valence-corrected chi connectivity index (χ3v) is 3.41. The van der Waals surface area contributed by atoms with Crippen LogP contribution in [0.2, 0.25) is 0 Å². The Balaban J connectivity index is 2.17. The number of likely N-dealkylation sites (N-methyl/N-ethyl adjacent to an activating group) is 1. The molecule has 1 fully saturated rings. The summed E-state index contributed by atoms with van der Waals surface area (Å²) in [6.07, 6.45) is 3.47. The van der Waals surface area contributed by atoms with Crippen LogP contribution < -0.4 is 5.32 Å². The molecule has 0 aliphatic heterocycles. The zero-order valence-electron chi connectivity index (χ0n) is 10.00. The summed E-state index contributed by atoms with van der Waals surface area (Å²) in [6, 6.07) is 2.85. The van der Waals surface area contributed by atoms with Gasteiger partial charge in [-0.1, -0.05) is 20.3 Å². The van der Waals surface area contributed by atoms with Gasteiger partial charge in [-0.15, -0.1) is 0 Å². The molecule has 0 radical (unpaired) electrons. The fourth-order valence-corrected chi connectivity index (χ4v) is 2.31. The average molecular weight is 209 g/mol. The summed E-state index contributed by atoms with van der Waals surface area (Å²) in [6.45, 7) is 8.73. The maximum Gasteiger partial charge on any atom is 0.0672 e. The molecule has 0 aromatic heterocycles. The highest BCUT2D eigenvalue weighted by molar-refractivity contribution is 4.96. The molecular formula is C12H23N3. The average Bonchev–Trinajstić information content (AvgIpc) is 2.72. The molecule has 0 aromatic rings. The molecule has 1 rings (SSSR count). The zero-order chi connectivity index (χ0) is 11.1. The van der Waals surface area contributed by atoms with Crippen LogP contribution in [0.25, 0.3) is 0 Å². The largest absolute Gasteiger partial charge is 0.311 e. The first-order valence-corrected chi connectivity index (χ1v) is 6.17. The fourth-order valence-electron chi connectivity index (χ4n) is 2.31. The zero-order valence-corrected chi connectivity index (χ0v) is 10.00. The lowest BCUT2D eigenvalue weighted by molar-refractivity contribution is 0.293. The molecule has 86 valence electrons. The maximum absolute atomic E-state index is 8.94. The third kappa shape index (κ3) is 3.81. The van der Waals surface area contributed by atoms with Crippen LogP contribution in [0.15, 0.2) is 0 Å². The summed E-state index contributed by atoms with van der Waals surface area (Å²) >= 11 is 0. The summed E-state index contributed by atoms with van der Waals surface area (Å²) < 4.78 is 0. The van der Waals surface area contributed by atoms with Crippen LogP contribution in [0, 0.1) is 17.2 Å². The molecule has 1 aliphatic carbocycles. The van der Waals surface area contributed by atoms with Gasteiger partial charge in [0.15, 0.2) is 0 Å². The van der Waals surface area contributed by atoms with Gasteiger partial charge in [-0.3, -0.25) is 0 Å². The van der Waals surface area contributed by atoms with Crippen molar-refractivity contribution in [2.45, 2.75) is 39.2 Å². The summed E-state index contributed by atoms with van der Waals surface area (Å²) in [5, 5.41) is 12.5. The predicted molar refractivity (Wildman–Crippen MR) is 62.5 cm³/mol. The van der Waals surface area contributed by atoms with E-state index in [1.165, 1.54) is 12.8 Å². The SMILES string of the molecule is CCN(CC)CCNC1CCCC1C#N. The van der Waals surface area contributed by atoms with Crippen LogP contribution in [0.3, 0.4) is 0 Å². The van der Waals surface area contributed by atoms with Crippen molar-refractivity contribution in [1.82, 2.24) is 10.2 Å². The highest BCUT2D eigenvalue weighted by Crippen LogP contribution is 2.24. The second-order valence-corrected chi connectivity index (χ2v) is 4.25. The van der Waals surface area contributed by atoms with Crippen LogP contribution in [-0.2, 0) is 0 Å². The third-order valence-electron chi connectivity index (χ3n) is 3.41. The highest BCUT2D eigenvalue weighted by Gasteiger charge is 2.26. The topological polar surface area (TPSA) is 39.1 Å². The van der Waals surface area contributed by atoms with Gasteiger partial charge in [0.1, 0.15) is 0 Å². The van der Waals surface area contributed by atoms with E-state index in [2.05, 4.69) is 30.1 Å². The summed E-state index contributed by atoms with van der Waals surface area (Å²) in [5.74, 6) is 0.252. The lowest BCUT2D eigenvalue weighted by atomic mass is 10.1. The molecule has 3 heteroatoms. The van der Waals surface area contributed by atoms with E-state index in [1.807, 2.05) is 0 Å². The van der Waals surface area contributed by atoms with E-state index in [-0.39, 0.29) is 5.92 Å². The Morgan fingerprint density at radius 3 is 2.67 bits per heavy atom. The van der Waals surface area contributed by atoms with Crippen molar-refractivity contribution in [3.63, 3.8) is 0 Å². The van der Waals surface area contributed by atoms with Crippen molar-refractivity contribution < 1.29 is 0 Å². The first-order valence-electron chi connectivity index (χ1n) is 6.17. The van der Waals surface area contributed by atoms with E-state index < -0.39 is 0 Å². The number of hydrogen-bond acceptors (Lipinski definition) is 3. The molecule has 1 saturated carbocycles. The van der Waals surface area contributed by atoms with E-state index >= 15 is 0 Å². The monoisotopic (exact) mass is 209 g/mol. The van der Waals surface area contributed by atoms with Gasteiger partial charge in [0, 0.05) is 19.1 Å². The van der Waals surface area contributed by atoms with E-state index in [4.69, 9.17) is 5.26 Å². The van der Waals surface area contributed by atoms with Gasteiger partial charge in [0.25, 0.3) is 0 Å². The molecule has 1 N–H and O–H groups in total. The summed E-state index contributed by atoms with van der Waals surface area (Å²) in [5.41, 5.74) is 0. The van der Waals surface area contributed by atoms with Gasteiger partial charge in [0.05, 0.1) is 12.0 Å². The lowest BCUT2D eigenvalue weighted by Gasteiger charge is -2.21. The smallest absolute Gasteiger partial charge is 0.0672 e. The first kappa shape index (κ1) is 12.5. The second-order valence-electron chi connectivity index (χ2n) is 4.25. The predicted octanol–water partition coefficient (Wildman–Crippen LogP) is 1.61. The molecule has 3 nitrogen and oxygen atoms in total. The molecule has 2 unspecified atom stereocenters. The molecule has 0 aromatic carbocycles. The normalized spacial score (nSPS) is 25.7. The molecule has 0 heterocycles. The minimum absolute atomic E-state index is 0.252. The number of nitrogens with zero attached hydrogens (tertiary/aromatic N) is 2. The second kappa shape index (κ2) is 6.81. The van der Waals surface area contributed by atoms with Crippen molar-refractivity contribution in [3.05, 3.63) is 0 Å². The van der Waals surface area contributed by atoms with Gasteiger partial charge in [0.2, 0.25) is 0 Å². The quantitative estimate of drug-likeness (QED) is 0.722. The van der Waals surface area contributed by atoms with Gasteiger partial charge < -0.3 is 10.2 Å². The maximum atomic E-state index is 8.94. The Labute approximate surface area is 93.5 Å². The van der Waals surface area contributed by atoms with Crippen molar-refractivity contribution in [2.75, 3.05) is 26.2 Å².